The van der Waals surface area contributed by atoms with Crippen molar-refractivity contribution in [3.05, 3.63) is 60.4 Å². The normalized spacial score (nSPS) is 12.2. The van der Waals surface area contributed by atoms with Crippen molar-refractivity contribution in [3.63, 3.8) is 0 Å². The lowest BCUT2D eigenvalue weighted by Gasteiger charge is -2.11. The first-order valence-corrected chi connectivity index (χ1v) is 7.87. The molecule has 0 bridgehead atoms. The Bertz CT molecular complexity index is 476. The smallest absolute Gasteiger partial charge is 0.0541 e. The summed E-state index contributed by atoms with van der Waals surface area (Å²) in [6.07, 6.45) is 2.80. The topological polar surface area (TPSA) is 50.9 Å². The van der Waals surface area contributed by atoms with Crippen molar-refractivity contribution >= 4 is 11.8 Å². The van der Waals surface area contributed by atoms with Crippen LogP contribution in [0.15, 0.2) is 59.6 Å². The second kappa shape index (κ2) is 8.74. The van der Waals surface area contributed by atoms with Crippen molar-refractivity contribution in [2.45, 2.75) is 23.9 Å². The lowest BCUT2D eigenvalue weighted by Crippen LogP contribution is -2.28. The van der Waals surface area contributed by atoms with Gasteiger partial charge in [-0.25, -0.2) is 0 Å². The summed E-state index contributed by atoms with van der Waals surface area (Å²) in [5, 5.41) is 3.38. The monoisotopic (exact) mass is 287 g/mol. The highest BCUT2D eigenvalue weighted by Gasteiger charge is 2.03. The Labute approximate surface area is 125 Å². The van der Waals surface area contributed by atoms with Crippen LogP contribution in [0.2, 0.25) is 0 Å². The van der Waals surface area contributed by atoms with Crippen LogP contribution in [0.4, 0.5) is 0 Å². The summed E-state index contributed by atoms with van der Waals surface area (Å²) in [6, 6.07) is 16.6. The minimum absolute atomic E-state index is 0.219. The molecular formula is C16H21N3S. The zero-order chi connectivity index (χ0) is 14.0. The molecule has 20 heavy (non-hydrogen) atoms. The summed E-state index contributed by atoms with van der Waals surface area (Å²) in [4.78, 5) is 5.56. The fourth-order valence-corrected chi connectivity index (χ4v) is 2.73. The van der Waals surface area contributed by atoms with Gasteiger partial charge in [-0.3, -0.25) is 4.98 Å². The highest BCUT2D eigenvalue weighted by Crippen LogP contribution is 2.17. The summed E-state index contributed by atoms with van der Waals surface area (Å²) in [6.45, 7) is 1.73. The maximum atomic E-state index is 6.12. The minimum atomic E-state index is 0.219. The Morgan fingerprint density at radius 1 is 1.10 bits per heavy atom. The molecule has 2 rings (SSSR count). The molecule has 2 aromatic rings. The third-order valence-corrected chi connectivity index (χ3v) is 4.13. The predicted octanol–water partition coefficient (Wildman–Crippen LogP) is 2.68. The molecular weight excluding hydrogens is 266 g/mol. The molecule has 1 atom stereocenters. The van der Waals surface area contributed by atoms with Crippen molar-refractivity contribution < 1.29 is 0 Å². The third kappa shape index (κ3) is 5.74. The molecule has 0 spiro atoms. The number of hydrogen-bond donors (Lipinski definition) is 2. The van der Waals surface area contributed by atoms with Gasteiger partial charge in [0.1, 0.15) is 0 Å². The van der Waals surface area contributed by atoms with E-state index in [0.29, 0.717) is 0 Å². The molecule has 1 unspecified atom stereocenters. The van der Waals surface area contributed by atoms with Crippen LogP contribution in [-0.4, -0.2) is 23.3 Å². The Kier molecular flexibility index (Phi) is 6.57. The third-order valence-electron chi connectivity index (χ3n) is 2.93. The predicted molar refractivity (Wildman–Crippen MR) is 85.7 cm³/mol. The van der Waals surface area contributed by atoms with Gasteiger partial charge >= 0.3 is 0 Å². The largest absolute Gasteiger partial charge is 0.327 e. The molecule has 0 amide bonds. The maximum absolute atomic E-state index is 6.12. The molecule has 4 heteroatoms. The van der Waals surface area contributed by atoms with Gasteiger partial charge in [-0.2, -0.15) is 0 Å². The number of thioether (sulfide) groups is 1. The number of pyridine rings is 1. The molecule has 0 saturated carbocycles. The van der Waals surface area contributed by atoms with Crippen LogP contribution in [0.1, 0.15) is 12.1 Å². The second-order valence-electron chi connectivity index (χ2n) is 4.67. The first-order chi connectivity index (χ1) is 9.84. The number of nitrogens with zero attached hydrogens (tertiary/aromatic N) is 1. The zero-order valence-corrected chi connectivity index (χ0v) is 12.4. The van der Waals surface area contributed by atoms with Gasteiger partial charge in [0.05, 0.1) is 5.69 Å². The van der Waals surface area contributed by atoms with Crippen LogP contribution in [0.25, 0.3) is 0 Å². The molecule has 0 saturated heterocycles. The summed E-state index contributed by atoms with van der Waals surface area (Å²) < 4.78 is 0. The lowest BCUT2D eigenvalue weighted by molar-refractivity contribution is 0.589. The van der Waals surface area contributed by atoms with Crippen molar-refractivity contribution in [2.24, 2.45) is 5.73 Å². The van der Waals surface area contributed by atoms with Crippen molar-refractivity contribution in [3.8, 4) is 0 Å². The molecule has 0 radical (unpaired) electrons. The first kappa shape index (κ1) is 15.0. The van der Waals surface area contributed by atoms with Crippen LogP contribution in [0.5, 0.6) is 0 Å². The van der Waals surface area contributed by atoms with E-state index in [2.05, 4.69) is 34.6 Å². The molecule has 0 aliphatic heterocycles. The van der Waals surface area contributed by atoms with Crippen LogP contribution in [0.3, 0.4) is 0 Å². The summed E-state index contributed by atoms with van der Waals surface area (Å²) in [7, 11) is 0. The molecule has 3 nitrogen and oxygen atoms in total. The quantitative estimate of drug-likeness (QED) is 0.579. The van der Waals surface area contributed by atoms with Crippen molar-refractivity contribution in [2.75, 3.05) is 12.3 Å². The van der Waals surface area contributed by atoms with Crippen LogP contribution in [-0.2, 0) is 6.54 Å². The highest BCUT2D eigenvalue weighted by atomic mass is 32.2. The number of nitrogens with two attached hydrogens (primary N) is 1. The lowest BCUT2D eigenvalue weighted by atomic mass is 10.2. The second-order valence-corrected chi connectivity index (χ2v) is 5.76. The average molecular weight is 287 g/mol. The van der Waals surface area contributed by atoms with Crippen LogP contribution in [0, 0.1) is 0 Å². The number of rotatable bonds is 8. The number of benzene rings is 1. The van der Waals surface area contributed by atoms with Gasteiger partial charge in [0.15, 0.2) is 0 Å². The van der Waals surface area contributed by atoms with Crippen molar-refractivity contribution in [1.82, 2.24) is 10.3 Å². The maximum Gasteiger partial charge on any atom is 0.0541 e. The Morgan fingerprint density at radius 2 is 1.90 bits per heavy atom. The van der Waals surface area contributed by atoms with E-state index in [1.54, 1.807) is 0 Å². The standard InChI is InChI=1S/C16H21N3S/c17-14(13-20-16-7-2-1-3-8-16)9-11-18-12-15-6-4-5-10-19-15/h1-8,10,14,18H,9,11-13,17H2. The Hall–Kier alpha value is -1.36. The summed E-state index contributed by atoms with van der Waals surface area (Å²) in [5.41, 5.74) is 7.19. The summed E-state index contributed by atoms with van der Waals surface area (Å²) in [5.74, 6) is 0.954. The summed E-state index contributed by atoms with van der Waals surface area (Å²) >= 11 is 1.82. The van der Waals surface area contributed by atoms with Gasteiger partial charge in [0.25, 0.3) is 0 Å². The SMILES string of the molecule is NC(CCNCc1ccccn1)CSc1ccccc1. The van der Waals surface area contributed by atoms with Gasteiger partial charge in [-0.05, 0) is 37.2 Å². The Balaban J connectivity index is 1.57. The number of hydrogen-bond acceptors (Lipinski definition) is 4. The van der Waals surface area contributed by atoms with Gasteiger partial charge in [-0.15, -0.1) is 11.8 Å². The van der Waals surface area contributed by atoms with E-state index in [-0.39, 0.29) is 6.04 Å². The van der Waals surface area contributed by atoms with Gasteiger partial charge in [-0.1, -0.05) is 24.3 Å². The van der Waals surface area contributed by atoms with E-state index < -0.39 is 0 Å². The molecule has 0 fully saturated rings. The minimum Gasteiger partial charge on any atom is -0.327 e. The molecule has 1 aromatic carbocycles. The molecule has 3 N–H and O–H groups in total. The molecule has 0 aliphatic carbocycles. The van der Waals surface area contributed by atoms with Crippen LogP contribution >= 0.6 is 11.8 Å². The van der Waals surface area contributed by atoms with Crippen molar-refractivity contribution in [1.29, 1.82) is 0 Å². The number of nitrogens with one attached hydrogen (secondary N) is 1. The van der Waals surface area contributed by atoms with E-state index in [9.17, 15) is 0 Å². The zero-order valence-electron chi connectivity index (χ0n) is 11.5. The van der Waals surface area contributed by atoms with E-state index in [1.165, 1.54) is 4.90 Å². The molecule has 106 valence electrons. The van der Waals surface area contributed by atoms with Gasteiger partial charge in [0, 0.05) is 29.4 Å². The fraction of sp³-hybridized carbons (Fsp3) is 0.312. The highest BCUT2D eigenvalue weighted by molar-refractivity contribution is 7.99. The van der Waals surface area contributed by atoms with E-state index >= 15 is 0 Å². The fourth-order valence-electron chi connectivity index (χ4n) is 1.81. The van der Waals surface area contributed by atoms with Gasteiger partial charge < -0.3 is 11.1 Å². The molecule has 1 aromatic heterocycles. The van der Waals surface area contributed by atoms with Crippen LogP contribution < -0.4 is 11.1 Å². The van der Waals surface area contributed by atoms with E-state index in [4.69, 9.17) is 5.73 Å². The molecule has 0 aliphatic rings. The first-order valence-electron chi connectivity index (χ1n) is 6.88. The molecule has 1 heterocycles. The van der Waals surface area contributed by atoms with E-state index in [1.807, 2.05) is 42.2 Å². The average Bonchev–Trinajstić information content (AvgIpc) is 2.52. The Morgan fingerprint density at radius 3 is 2.65 bits per heavy atom. The van der Waals surface area contributed by atoms with E-state index in [0.717, 1.165) is 31.0 Å². The number of aromatic nitrogens is 1. The van der Waals surface area contributed by atoms with Gasteiger partial charge in [0.2, 0.25) is 0 Å².